The number of rotatable bonds is 4. The van der Waals surface area contributed by atoms with Crippen molar-refractivity contribution in [3.8, 4) is 0 Å². The maximum atomic E-state index is 12.8. The number of amides is 3. The number of carbonyl (C=O) groups excluding carboxylic acids is 3. The van der Waals surface area contributed by atoms with Crippen LogP contribution in [0.15, 0.2) is 29.1 Å². The van der Waals surface area contributed by atoms with Crippen LogP contribution >= 0.6 is 0 Å². The molecule has 2 fully saturated rings. The molecule has 1 saturated carbocycles. The number of hydrogen-bond acceptors (Lipinski definition) is 5. The lowest BCUT2D eigenvalue weighted by molar-refractivity contribution is -0.136. The molecule has 0 unspecified atom stereocenters. The summed E-state index contributed by atoms with van der Waals surface area (Å²) in [5.41, 5.74) is 4.74. The number of nitrogens with zero attached hydrogens (tertiary/aromatic N) is 3. The van der Waals surface area contributed by atoms with Crippen LogP contribution in [0.5, 0.6) is 0 Å². The number of piperidine rings is 1. The van der Waals surface area contributed by atoms with Gasteiger partial charge in [-0.2, -0.15) is 5.10 Å². The van der Waals surface area contributed by atoms with Crippen molar-refractivity contribution in [3.05, 3.63) is 40.3 Å². The van der Waals surface area contributed by atoms with Crippen molar-refractivity contribution < 1.29 is 14.4 Å². The lowest BCUT2D eigenvalue weighted by Crippen LogP contribution is -2.48. The van der Waals surface area contributed by atoms with Crippen molar-refractivity contribution in [3.63, 3.8) is 0 Å². The van der Waals surface area contributed by atoms with Gasteiger partial charge in [-0.05, 0) is 45.6 Å². The Labute approximate surface area is 179 Å². The third-order valence-corrected chi connectivity index (χ3v) is 5.94. The Balaban J connectivity index is 1.41. The van der Waals surface area contributed by atoms with Crippen molar-refractivity contribution in [2.45, 2.75) is 45.6 Å². The van der Waals surface area contributed by atoms with Crippen LogP contribution in [0.25, 0.3) is 10.8 Å². The number of hydrogen-bond donors (Lipinski definition) is 2. The van der Waals surface area contributed by atoms with E-state index in [1.807, 2.05) is 18.7 Å². The monoisotopic (exact) mass is 425 g/mol. The molecule has 2 aliphatic rings. The highest BCUT2D eigenvalue weighted by molar-refractivity contribution is 6.05. The van der Waals surface area contributed by atoms with Gasteiger partial charge in [0.05, 0.1) is 11.4 Å². The van der Waals surface area contributed by atoms with E-state index in [0.29, 0.717) is 36.7 Å². The van der Waals surface area contributed by atoms with E-state index in [1.165, 1.54) is 4.68 Å². The van der Waals surface area contributed by atoms with E-state index < -0.39 is 5.91 Å². The minimum atomic E-state index is -0.583. The first-order valence-corrected chi connectivity index (χ1v) is 10.8. The molecule has 1 aliphatic heterocycles. The van der Waals surface area contributed by atoms with Gasteiger partial charge in [0.1, 0.15) is 0 Å². The number of aromatic nitrogens is 2. The molecule has 0 radical (unpaired) electrons. The Morgan fingerprint density at radius 3 is 2.23 bits per heavy atom. The van der Waals surface area contributed by atoms with E-state index in [-0.39, 0.29) is 40.9 Å². The van der Waals surface area contributed by atoms with Crippen LogP contribution in [0, 0.1) is 11.8 Å². The van der Waals surface area contributed by atoms with Gasteiger partial charge in [0, 0.05) is 30.3 Å². The summed E-state index contributed by atoms with van der Waals surface area (Å²) in [7, 11) is 0. The molecule has 1 aromatic heterocycles. The van der Waals surface area contributed by atoms with E-state index in [0.717, 1.165) is 12.8 Å². The highest BCUT2D eigenvalue weighted by Gasteiger charge is 2.36. The van der Waals surface area contributed by atoms with Gasteiger partial charge in [0.25, 0.3) is 11.5 Å². The van der Waals surface area contributed by atoms with E-state index in [1.54, 1.807) is 24.3 Å². The van der Waals surface area contributed by atoms with E-state index in [2.05, 4.69) is 16.0 Å². The molecule has 3 amide bonds. The van der Waals surface area contributed by atoms with Gasteiger partial charge in [0.15, 0.2) is 5.69 Å². The second-order valence-corrected chi connectivity index (χ2v) is 8.55. The lowest BCUT2D eigenvalue weighted by atomic mass is 9.96. The van der Waals surface area contributed by atoms with Crippen LogP contribution in [0.1, 0.15) is 56.1 Å². The van der Waals surface area contributed by atoms with Crippen LogP contribution in [0.4, 0.5) is 0 Å². The molecule has 2 N–H and O–H groups in total. The molecule has 0 spiro atoms. The zero-order valence-electron chi connectivity index (χ0n) is 17.8. The fourth-order valence-corrected chi connectivity index (χ4v) is 3.95. The molecule has 2 heterocycles. The molecular weight excluding hydrogens is 398 g/mol. The van der Waals surface area contributed by atoms with Crippen LogP contribution < -0.4 is 16.4 Å². The predicted octanol–water partition coefficient (Wildman–Crippen LogP) is 1.39. The molecule has 9 heteroatoms. The molecular formula is C22H27N5O4. The van der Waals surface area contributed by atoms with Gasteiger partial charge in [-0.25, -0.2) is 4.68 Å². The predicted molar refractivity (Wildman–Crippen MR) is 114 cm³/mol. The SMILES string of the molecule is CC(C)n1nc(C(=O)NNC(=O)C2CCN(C(=O)C3CC3)CC2)c2ccccc2c1=O. The smallest absolute Gasteiger partial charge is 0.290 e. The normalized spacial score (nSPS) is 17.1. The Bertz CT molecular complexity index is 1080. The van der Waals surface area contributed by atoms with E-state index in [9.17, 15) is 19.2 Å². The summed E-state index contributed by atoms with van der Waals surface area (Å²) >= 11 is 0. The van der Waals surface area contributed by atoms with Gasteiger partial charge >= 0.3 is 0 Å². The van der Waals surface area contributed by atoms with Crippen molar-refractivity contribution >= 4 is 28.5 Å². The zero-order chi connectivity index (χ0) is 22.1. The molecule has 9 nitrogen and oxygen atoms in total. The molecule has 0 bridgehead atoms. The number of hydrazine groups is 1. The first-order chi connectivity index (χ1) is 14.9. The Hall–Kier alpha value is -3.23. The number of fused-ring (bicyclic) bond motifs is 1. The number of benzene rings is 1. The van der Waals surface area contributed by atoms with Gasteiger partial charge < -0.3 is 4.90 Å². The van der Waals surface area contributed by atoms with Gasteiger partial charge in [-0.3, -0.25) is 30.0 Å². The topological polar surface area (TPSA) is 113 Å². The number of carbonyl (C=O) groups is 3. The first-order valence-electron chi connectivity index (χ1n) is 10.8. The van der Waals surface area contributed by atoms with E-state index in [4.69, 9.17) is 0 Å². The number of likely N-dealkylation sites (tertiary alicyclic amines) is 1. The molecule has 1 saturated heterocycles. The van der Waals surface area contributed by atoms with Crippen molar-refractivity contribution in [1.29, 1.82) is 0 Å². The van der Waals surface area contributed by atoms with Crippen LogP contribution in [0.2, 0.25) is 0 Å². The molecule has 1 aromatic carbocycles. The van der Waals surface area contributed by atoms with E-state index >= 15 is 0 Å². The molecule has 31 heavy (non-hydrogen) atoms. The summed E-state index contributed by atoms with van der Waals surface area (Å²) in [6.07, 6.45) is 3.08. The summed E-state index contributed by atoms with van der Waals surface area (Å²) in [5.74, 6) is -0.752. The van der Waals surface area contributed by atoms with Crippen molar-refractivity contribution in [1.82, 2.24) is 25.5 Å². The fraction of sp³-hybridized carbons (Fsp3) is 0.500. The molecule has 164 valence electrons. The maximum absolute atomic E-state index is 12.8. The molecule has 1 aliphatic carbocycles. The second-order valence-electron chi connectivity index (χ2n) is 8.55. The Kier molecular flexibility index (Phi) is 5.75. The van der Waals surface area contributed by atoms with Gasteiger partial charge in [0.2, 0.25) is 11.8 Å². The van der Waals surface area contributed by atoms with Crippen LogP contribution in [-0.4, -0.2) is 45.5 Å². The quantitative estimate of drug-likeness (QED) is 0.719. The summed E-state index contributed by atoms with van der Waals surface area (Å²) in [6.45, 7) is 4.75. The Morgan fingerprint density at radius 1 is 0.968 bits per heavy atom. The maximum Gasteiger partial charge on any atom is 0.290 e. The lowest BCUT2D eigenvalue weighted by Gasteiger charge is -2.31. The molecule has 0 atom stereocenters. The number of nitrogens with one attached hydrogen (secondary N) is 2. The fourth-order valence-electron chi connectivity index (χ4n) is 3.95. The molecule has 2 aromatic rings. The first kappa shape index (κ1) is 21.0. The van der Waals surface area contributed by atoms with Crippen LogP contribution in [0.3, 0.4) is 0 Å². The highest BCUT2D eigenvalue weighted by atomic mass is 16.2. The zero-order valence-corrected chi connectivity index (χ0v) is 17.8. The summed E-state index contributed by atoms with van der Waals surface area (Å²) in [6, 6.07) is 6.57. The summed E-state index contributed by atoms with van der Waals surface area (Å²) < 4.78 is 1.27. The molecule has 4 rings (SSSR count). The second kappa shape index (κ2) is 8.49. The minimum Gasteiger partial charge on any atom is -0.342 e. The average molecular weight is 425 g/mol. The van der Waals surface area contributed by atoms with Crippen LogP contribution in [-0.2, 0) is 9.59 Å². The van der Waals surface area contributed by atoms with Crippen molar-refractivity contribution in [2.24, 2.45) is 11.8 Å². The Morgan fingerprint density at radius 2 is 1.61 bits per heavy atom. The van der Waals surface area contributed by atoms with Gasteiger partial charge in [-0.1, -0.05) is 18.2 Å². The summed E-state index contributed by atoms with van der Waals surface area (Å²) in [5, 5.41) is 5.07. The largest absolute Gasteiger partial charge is 0.342 e. The summed E-state index contributed by atoms with van der Waals surface area (Å²) in [4.78, 5) is 51.9. The van der Waals surface area contributed by atoms with Gasteiger partial charge in [-0.15, -0.1) is 0 Å². The highest BCUT2D eigenvalue weighted by Crippen LogP contribution is 2.32. The third kappa shape index (κ3) is 4.30. The standard InChI is InChI=1S/C22H27N5O4/c1-13(2)27-22(31)17-6-4-3-5-16(17)18(25-27)20(29)24-23-19(28)14-9-11-26(12-10-14)21(30)15-7-8-15/h3-6,13-15H,7-12H2,1-2H3,(H,23,28)(H,24,29). The third-order valence-electron chi connectivity index (χ3n) is 5.94. The minimum absolute atomic E-state index is 0.0778. The van der Waals surface area contributed by atoms with Crippen molar-refractivity contribution in [2.75, 3.05) is 13.1 Å². The average Bonchev–Trinajstić information content (AvgIpc) is 3.62.